The van der Waals surface area contributed by atoms with E-state index in [1.54, 1.807) is 29.1 Å². The zero-order valence-electron chi connectivity index (χ0n) is 14.0. The summed E-state index contributed by atoms with van der Waals surface area (Å²) >= 11 is 0. The number of anilines is 3. The van der Waals surface area contributed by atoms with Crippen LogP contribution in [0.1, 0.15) is 0 Å². The van der Waals surface area contributed by atoms with Crippen molar-refractivity contribution in [2.45, 2.75) is 0 Å². The average Bonchev–Trinajstić information content (AvgIpc) is 3.28. The smallest absolute Gasteiger partial charge is 0.231 e. The van der Waals surface area contributed by atoms with Crippen molar-refractivity contribution in [3.8, 4) is 5.82 Å². The maximum absolute atomic E-state index is 14.0. The molecule has 0 radical (unpaired) electrons. The van der Waals surface area contributed by atoms with Crippen LogP contribution in [0.25, 0.3) is 27.8 Å². The van der Waals surface area contributed by atoms with Crippen LogP contribution in [-0.4, -0.2) is 24.7 Å². The fourth-order valence-corrected chi connectivity index (χ4v) is 3.08. The third-order valence-electron chi connectivity index (χ3n) is 4.33. The van der Waals surface area contributed by atoms with E-state index < -0.39 is 0 Å². The second-order valence-corrected chi connectivity index (χ2v) is 6.03. The Labute approximate surface area is 152 Å². The van der Waals surface area contributed by atoms with Crippen LogP contribution in [0, 0.1) is 5.82 Å². The van der Waals surface area contributed by atoms with Gasteiger partial charge in [-0.25, -0.2) is 9.07 Å². The number of halogens is 1. The van der Waals surface area contributed by atoms with Crippen LogP contribution in [0.3, 0.4) is 0 Å². The Morgan fingerprint density at radius 2 is 1.78 bits per heavy atom. The molecule has 0 aliphatic rings. The lowest BCUT2D eigenvalue weighted by atomic mass is 10.2. The lowest BCUT2D eigenvalue weighted by molar-refractivity contribution is 0.631. The number of nitrogen functional groups attached to an aromatic ring is 1. The first-order valence-electron chi connectivity index (χ1n) is 8.31. The molecule has 5 rings (SSSR count). The average molecular weight is 359 g/mol. The van der Waals surface area contributed by atoms with Crippen LogP contribution in [0.5, 0.6) is 0 Å². The van der Waals surface area contributed by atoms with Gasteiger partial charge in [0.25, 0.3) is 0 Å². The summed E-state index contributed by atoms with van der Waals surface area (Å²) in [7, 11) is 0. The summed E-state index contributed by atoms with van der Waals surface area (Å²) in [4.78, 5) is 12.1. The number of nitrogens with one attached hydrogen (secondary N) is 2. The SMILES string of the molecule is Nc1nn(-c2nc(Nc3ccccc3F)nc3[nH]ccc23)c2ccccc12. The minimum Gasteiger partial charge on any atom is -0.382 e. The minimum atomic E-state index is -0.386. The van der Waals surface area contributed by atoms with Gasteiger partial charge in [0.2, 0.25) is 5.95 Å². The van der Waals surface area contributed by atoms with Crippen molar-refractivity contribution in [2.24, 2.45) is 0 Å². The third-order valence-corrected chi connectivity index (χ3v) is 4.33. The summed E-state index contributed by atoms with van der Waals surface area (Å²) in [5.41, 5.74) is 7.79. The van der Waals surface area contributed by atoms with E-state index >= 15 is 0 Å². The zero-order valence-corrected chi connectivity index (χ0v) is 14.0. The quantitative estimate of drug-likeness (QED) is 0.456. The normalized spacial score (nSPS) is 11.3. The molecule has 0 amide bonds. The van der Waals surface area contributed by atoms with Gasteiger partial charge in [-0.05, 0) is 30.3 Å². The summed E-state index contributed by atoms with van der Waals surface area (Å²) in [5.74, 6) is 0.829. The van der Waals surface area contributed by atoms with Crippen LogP contribution in [-0.2, 0) is 0 Å². The maximum Gasteiger partial charge on any atom is 0.231 e. The monoisotopic (exact) mass is 359 g/mol. The highest BCUT2D eigenvalue weighted by atomic mass is 19.1. The number of nitrogens with zero attached hydrogens (tertiary/aromatic N) is 4. The first-order valence-corrected chi connectivity index (χ1v) is 8.31. The van der Waals surface area contributed by atoms with E-state index in [0.29, 0.717) is 23.0 Å². The summed E-state index contributed by atoms with van der Waals surface area (Å²) in [5, 5.41) is 8.99. The highest BCUT2D eigenvalue weighted by Crippen LogP contribution is 2.28. The van der Waals surface area contributed by atoms with Crippen LogP contribution < -0.4 is 11.1 Å². The summed E-state index contributed by atoms with van der Waals surface area (Å²) < 4.78 is 15.7. The van der Waals surface area contributed by atoms with E-state index in [0.717, 1.165) is 16.3 Å². The lowest BCUT2D eigenvalue weighted by Gasteiger charge is -2.09. The Morgan fingerprint density at radius 1 is 0.963 bits per heavy atom. The maximum atomic E-state index is 14.0. The highest BCUT2D eigenvalue weighted by molar-refractivity contribution is 5.93. The van der Waals surface area contributed by atoms with E-state index in [-0.39, 0.29) is 11.8 Å². The van der Waals surface area contributed by atoms with E-state index in [4.69, 9.17) is 5.73 Å². The van der Waals surface area contributed by atoms with Gasteiger partial charge in [0, 0.05) is 11.6 Å². The summed E-state index contributed by atoms with van der Waals surface area (Å²) in [6, 6.07) is 15.9. The Morgan fingerprint density at radius 3 is 2.67 bits per heavy atom. The van der Waals surface area contributed by atoms with Crippen molar-refractivity contribution in [1.82, 2.24) is 24.7 Å². The number of hydrogen-bond acceptors (Lipinski definition) is 5. The number of benzene rings is 2. The molecule has 3 heterocycles. The molecule has 0 saturated heterocycles. The topological polar surface area (TPSA) is 97.4 Å². The van der Waals surface area contributed by atoms with Crippen molar-refractivity contribution in [3.63, 3.8) is 0 Å². The Kier molecular flexibility index (Phi) is 3.29. The van der Waals surface area contributed by atoms with Crippen LogP contribution >= 0.6 is 0 Å². The molecule has 27 heavy (non-hydrogen) atoms. The van der Waals surface area contributed by atoms with Crippen molar-refractivity contribution in [1.29, 1.82) is 0 Å². The largest absolute Gasteiger partial charge is 0.382 e. The molecule has 3 aromatic heterocycles. The number of nitrogens with two attached hydrogens (primary N) is 1. The molecule has 0 atom stereocenters. The molecule has 0 aliphatic carbocycles. The highest BCUT2D eigenvalue weighted by Gasteiger charge is 2.16. The number of aromatic nitrogens is 5. The van der Waals surface area contributed by atoms with Gasteiger partial charge in [-0.1, -0.05) is 24.3 Å². The van der Waals surface area contributed by atoms with Gasteiger partial charge in [-0.15, -0.1) is 5.10 Å². The molecular formula is C19H14FN7. The Bertz CT molecular complexity index is 1290. The number of rotatable bonds is 3. The Hall–Kier alpha value is -3.94. The molecule has 5 aromatic rings. The first kappa shape index (κ1) is 15.3. The van der Waals surface area contributed by atoms with Crippen molar-refractivity contribution >= 4 is 39.4 Å². The van der Waals surface area contributed by atoms with Crippen LogP contribution in [0.15, 0.2) is 60.8 Å². The minimum absolute atomic E-state index is 0.253. The standard InChI is InChI=1S/C19H14FN7/c20-13-6-2-3-7-14(13)23-19-24-17-12(9-10-22-17)18(25-19)27-15-8-4-1-5-11(15)16(21)26-27/h1-10H,(H2,21,26)(H2,22,23,24,25). The summed E-state index contributed by atoms with van der Waals surface area (Å²) in [6.45, 7) is 0. The van der Waals surface area contributed by atoms with E-state index in [2.05, 4.69) is 25.4 Å². The van der Waals surface area contributed by atoms with Gasteiger partial charge in [0.15, 0.2) is 11.6 Å². The van der Waals surface area contributed by atoms with Crippen molar-refractivity contribution in [2.75, 3.05) is 11.1 Å². The molecule has 2 aromatic carbocycles. The molecule has 0 unspecified atom stereocenters. The molecule has 8 heteroatoms. The predicted molar refractivity (Wildman–Crippen MR) is 103 cm³/mol. The van der Waals surface area contributed by atoms with Crippen LogP contribution in [0.2, 0.25) is 0 Å². The molecule has 7 nitrogen and oxygen atoms in total. The van der Waals surface area contributed by atoms with Gasteiger partial charge in [0.05, 0.1) is 16.6 Å². The van der Waals surface area contributed by atoms with E-state index in [1.807, 2.05) is 30.3 Å². The Balaban J connectivity index is 1.72. The predicted octanol–water partition coefficient (Wildman–Crippen LogP) is 3.76. The summed E-state index contributed by atoms with van der Waals surface area (Å²) in [6.07, 6.45) is 1.77. The molecule has 4 N–H and O–H groups in total. The number of aromatic amines is 1. The number of fused-ring (bicyclic) bond motifs is 2. The lowest BCUT2D eigenvalue weighted by Crippen LogP contribution is -2.06. The van der Waals surface area contributed by atoms with Crippen molar-refractivity contribution in [3.05, 3.63) is 66.6 Å². The van der Waals surface area contributed by atoms with Gasteiger partial charge in [-0.2, -0.15) is 9.97 Å². The fourth-order valence-electron chi connectivity index (χ4n) is 3.08. The third kappa shape index (κ3) is 2.46. The first-order chi connectivity index (χ1) is 13.2. The second-order valence-electron chi connectivity index (χ2n) is 6.03. The van der Waals surface area contributed by atoms with E-state index in [1.165, 1.54) is 6.07 Å². The number of H-pyrrole nitrogens is 1. The van der Waals surface area contributed by atoms with Gasteiger partial charge in [0.1, 0.15) is 11.5 Å². The molecule has 0 fully saturated rings. The second kappa shape index (κ2) is 5.80. The fraction of sp³-hybridized carbons (Fsp3) is 0. The molecule has 0 saturated carbocycles. The van der Waals surface area contributed by atoms with Gasteiger partial charge in [-0.3, -0.25) is 0 Å². The number of para-hydroxylation sites is 2. The van der Waals surface area contributed by atoms with Gasteiger partial charge >= 0.3 is 0 Å². The van der Waals surface area contributed by atoms with Crippen LogP contribution in [0.4, 0.5) is 21.8 Å². The molecule has 132 valence electrons. The molecule has 0 bridgehead atoms. The molecule has 0 aliphatic heterocycles. The van der Waals surface area contributed by atoms with Gasteiger partial charge < -0.3 is 16.0 Å². The zero-order chi connectivity index (χ0) is 18.4. The number of hydrogen-bond donors (Lipinski definition) is 3. The molecular weight excluding hydrogens is 345 g/mol. The molecule has 0 spiro atoms. The van der Waals surface area contributed by atoms with E-state index in [9.17, 15) is 4.39 Å². The van der Waals surface area contributed by atoms with Crippen molar-refractivity contribution < 1.29 is 4.39 Å².